The third kappa shape index (κ3) is 3.46. The Morgan fingerprint density at radius 3 is 2.67 bits per heavy atom. The topological polar surface area (TPSA) is 27.7 Å². The van der Waals surface area contributed by atoms with Gasteiger partial charge in [-0.05, 0) is 0 Å². The highest BCUT2D eigenvalue weighted by atomic mass is 35.5. The molecule has 0 aromatic rings. The molecule has 1 fully saturated rings. The van der Waals surface area contributed by atoms with Crippen molar-refractivity contribution in [2.75, 3.05) is 31.8 Å². The summed E-state index contributed by atoms with van der Waals surface area (Å²) in [5, 5.41) is 0. The molecule has 12 heavy (non-hydrogen) atoms. The summed E-state index contributed by atoms with van der Waals surface area (Å²) in [5.41, 5.74) is 0. The van der Waals surface area contributed by atoms with Crippen LogP contribution in [0.25, 0.3) is 0 Å². The predicted octanol–water partition coefficient (Wildman–Crippen LogP) is 1.22. The Balaban J connectivity index is 2.06. The molecule has 1 atom stereocenters. The van der Waals surface area contributed by atoms with Gasteiger partial charge in [0.15, 0.2) is 0 Å². The van der Waals surface area contributed by atoms with Crippen LogP contribution < -0.4 is 0 Å². The lowest BCUT2D eigenvalue weighted by Crippen LogP contribution is -2.25. The van der Waals surface area contributed by atoms with Crippen molar-refractivity contribution in [1.82, 2.24) is 0 Å². The van der Waals surface area contributed by atoms with Gasteiger partial charge >= 0.3 is 0 Å². The van der Waals surface area contributed by atoms with Crippen molar-refractivity contribution in [2.45, 2.75) is 12.2 Å². The second-order valence-corrected chi connectivity index (χ2v) is 3.16. The lowest BCUT2D eigenvalue weighted by Gasteiger charge is -2.14. The molecule has 1 aliphatic rings. The van der Waals surface area contributed by atoms with Crippen LogP contribution >= 0.6 is 23.2 Å². The van der Waals surface area contributed by atoms with Crippen molar-refractivity contribution < 1.29 is 14.2 Å². The van der Waals surface area contributed by atoms with Gasteiger partial charge in [-0.3, -0.25) is 0 Å². The van der Waals surface area contributed by atoms with Gasteiger partial charge in [0.2, 0.25) is 0 Å². The fourth-order valence-electron chi connectivity index (χ4n) is 0.842. The van der Waals surface area contributed by atoms with Crippen LogP contribution in [0.5, 0.6) is 0 Å². The molecule has 1 heterocycles. The molecule has 0 spiro atoms. The minimum Gasteiger partial charge on any atom is -0.373 e. The van der Waals surface area contributed by atoms with E-state index >= 15 is 0 Å². The van der Waals surface area contributed by atoms with E-state index in [-0.39, 0.29) is 12.2 Å². The van der Waals surface area contributed by atoms with Gasteiger partial charge in [-0.1, -0.05) is 0 Å². The summed E-state index contributed by atoms with van der Waals surface area (Å²) in [6.07, 6.45) is -0.0449. The minimum absolute atomic E-state index is 0.0407. The number of halogens is 2. The molecule has 0 N–H and O–H groups in total. The number of alkyl halides is 2. The van der Waals surface area contributed by atoms with Gasteiger partial charge < -0.3 is 14.2 Å². The van der Waals surface area contributed by atoms with E-state index in [0.717, 1.165) is 0 Å². The molecular weight excluding hydrogens is 203 g/mol. The summed E-state index contributed by atoms with van der Waals surface area (Å²) < 4.78 is 15.5. The molecule has 5 heteroatoms. The Bertz CT molecular complexity index is 111. The second-order valence-electron chi connectivity index (χ2n) is 2.54. The first-order valence-electron chi connectivity index (χ1n) is 3.79. The number of rotatable bonds is 5. The zero-order valence-corrected chi connectivity index (χ0v) is 8.18. The molecule has 0 radical (unpaired) electrons. The zero-order valence-electron chi connectivity index (χ0n) is 6.67. The average molecular weight is 215 g/mol. The molecule has 0 bridgehead atoms. The Hall–Kier alpha value is 0.460. The van der Waals surface area contributed by atoms with Gasteiger partial charge in [-0.25, -0.2) is 0 Å². The highest BCUT2D eigenvalue weighted by Gasteiger charge is 2.17. The van der Waals surface area contributed by atoms with Crippen LogP contribution in [0.1, 0.15) is 0 Å². The molecular formula is C7H12Cl2O3. The summed E-state index contributed by atoms with van der Waals surface area (Å²) in [7, 11) is 0. The quantitative estimate of drug-likeness (QED) is 0.645. The van der Waals surface area contributed by atoms with E-state index in [1.807, 2.05) is 0 Å². The maximum Gasteiger partial charge on any atom is 0.147 e. The van der Waals surface area contributed by atoms with E-state index in [0.29, 0.717) is 31.8 Å². The zero-order chi connectivity index (χ0) is 8.81. The van der Waals surface area contributed by atoms with E-state index in [1.165, 1.54) is 0 Å². The van der Waals surface area contributed by atoms with Gasteiger partial charge in [0.25, 0.3) is 0 Å². The molecule has 1 rings (SSSR count). The molecule has 0 unspecified atom stereocenters. The average Bonchev–Trinajstić information content (AvgIpc) is 2.59. The normalized spacial score (nSPS) is 23.8. The maximum absolute atomic E-state index is 5.57. The first-order chi connectivity index (χ1) is 5.86. The minimum atomic E-state index is -0.0856. The Labute approximate surface area is 81.9 Å². The highest BCUT2D eigenvalue weighted by molar-refractivity contribution is 6.21. The maximum atomic E-state index is 5.57. The third-order valence-electron chi connectivity index (χ3n) is 1.55. The summed E-state index contributed by atoms with van der Waals surface area (Å²) in [6, 6.07) is 0. The third-order valence-corrected chi connectivity index (χ3v) is 2.24. The number of ether oxygens (including phenoxy) is 3. The van der Waals surface area contributed by atoms with E-state index in [9.17, 15) is 0 Å². The molecule has 0 aromatic carbocycles. The lowest BCUT2D eigenvalue weighted by molar-refractivity contribution is -0.0113. The van der Waals surface area contributed by atoms with Crippen LogP contribution in [0.3, 0.4) is 0 Å². The van der Waals surface area contributed by atoms with Crippen LogP contribution in [-0.4, -0.2) is 44.0 Å². The summed E-state index contributed by atoms with van der Waals surface area (Å²) in [4.78, 5) is 0. The first-order valence-corrected chi connectivity index (χ1v) is 4.86. The molecule has 0 saturated carbocycles. The van der Waals surface area contributed by atoms with Crippen LogP contribution in [0, 0.1) is 0 Å². The van der Waals surface area contributed by atoms with Gasteiger partial charge in [0.1, 0.15) is 12.9 Å². The van der Waals surface area contributed by atoms with Crippen molar-refractivity contribution >= 4 is 23.2 Å². The Morgan fingerprint density at radius 2 is 2.17 bits per heavy atom. The van der Waals surface area contributed by atoms with Crippen molar-refractivity contribution in [1.29, 1.82) is 0 Å². The highest BCUT2D eigenvalue weighted by Crippen LogP contribution is 2.06. The molecule has 0 aromatic heterocycles. The lowest BCUT2D eigenvalue weighted by atomic mass is 10.4. The van der Waals surface area contributed by atoms with Crippen molar-refractivity contribution in [3.8, 4) is 0 Å². The SMILES string of the molecule is ClCC(CCl)OC[C@@H]1COCO1. The van der Waals surface area contributed by atoms with E-state index in [1.54, 1.807) is 0 Å². The molecule has 0 aliphatic carbocycles. The van der Waals surface area contributed by atoms with E-state index in [2.05, 4.69) is 0 Å². The van der Waals surface area contributed by atoms with Crippen molar-refractivity contribution in [3.63, 3.8) is 0 Å². The number of hydrogen-bond acceptors (Lipinski definition) is 3. The Morgan fingerprint density at radius 1 is 1.42 bits per heavy atom. The Kier molecular flexibility index (Phi) is 5.27. The molecule has 1 aliphatic heterocycles. The van der Waals surface area contributed by atoms with Gasteiger partial charge in [-0.15, -0.1) is 23.2 Å². The smallest absolute Gasteiger partial charge is 0.147 e. The van der Waals surface area contributed by atoms with Crippen molar-refractivity contribution in [3.05, 3.63) is 0 Å². The predicted molar refractivity (Wildman–Crippen MR) is 46.9 cm³/mol. The monoisotopic (exact) mass is 214 g/mol. The second kappa shape index (κ2) is 6.00. The van der Waals surface area contributed by atoms with Crippen LogP contribution in [0.2, 0.25) is 0 Å². The van der Waals surface area contributed by atoms with Crippen LogP contribution in [0.4, 0.5) is 0 Å². The van der Waals surface area contributed by atoms with Crippen LogP contribution in [-0.2, 0) is 14.2 Å². The molecule has 72 valence electrons. The fraction of sp³-hybridized carbons (Fsp3) is 1.00. The molecule has 3 nitrogen and oxygen atoms in total. The molecule has 1 saturated heterocycles. The summed E-state index contributed by atoms with van der Waals surface area (Å²) in [6.45, 7) is 1.46. The van der Waals surface area contributed by atoms with Crippen molar-refractivity contribution in [2.24, 2.45) is 0 Å². The summed E-state index contributed by atoms with van der Waals surface area (Å²) in [5.74, 6) is 0.828. The van der Waals surface area contributed by atoms with Crippen LogP contribution in [0.15, 0.2) is 0 Å². The van der Waals surface area contributed by atoms with E-state index < -0.39 is 0 Å². The first kappa shape index (κ1) is 10.5. The number of hydrogen-bond donors (Lipinski definition) is 0. The largest absolute Gasteiger partial charge is 0.373 e. The fourth-order valence-corrected chi connectivity index (χ4v) is 1.35. The standard InChI is InChI=1S/C7H12Cl2O3/c8-1-6(2-9)11-4-7-3-10-5-12-7/h6-7H,1-5H2/t7-/m0/s1. The molecule has 0 amide bonds. The van der Waals surface area contributed by atoms with Gasteiger partial charge in [0, 0.05) is 11.8 Å². The van der Waals surface area contributed by atoms with E-state index in [4.69, 9.17) is 37.4 Å². The van der Waals surface area contributed by atoms with Gasteiger partial charge in [-0.2, -0.15) is 0 Å². The summed E-state index contributed by atoms with van der Waals surface area (Å²) >= 11 is 11.1. The van der Waals surface area contributed by atoms with Gasteiger partial charge in [0.05, 0.1) is 19.3 Å².